The molecule has 0 unspecified atom stereocenters. The lowest BCUT2D eigenvalue weighted by atomic mass is 10.3. The van der Waals surface area contributed by atoms with Crippen molar-refractivity contribution in [2.24, 2.45) is 0 Å². The van der Waals surface area contributed by atoms with Crippen LogP contribution in [0, 0.1) is 0 Å². The molecule has 1 aromatic carbocycles. The Morgan fingerprint density at radius 1 is 1.47 bits per heavy atom. The molecule has 1 aromatic heterocycles. The molecule has 15 heavy (non-hydrogen) atoms. The Hall–Kier alpha value is -0.580. The average Bonchev–Trinajstić information content (AvgIpc) is 2.73. The summed E-state index contributed by atoms with van der Waals surface area (Å²) < 4.78 is 0.901. The van der Waals surface area contributed by atoms with Crippen molar-refractivity contribution in [3.8, 4) is 0 Å². The van der Waals surface area contributed by atoms with Gasteiger partial charge in [0.2, 0.25) is 0 Å². The van der Waals surface area contributed by atoms with Gasteiger partial charge in [0.25, 0.3) is 0 Å². The number of halogens is 2. The number of thiazole rings is 1. The Morgan fingerprint density at radius 3 is 3.00 bits per heavy atom. The van der Waals surface area contributed by atoms with Gasteiger partial charge in [0.15, 0.2) is 0 Å². The fourth-order valence-electron chi connectivity index (χ4n) is 1.12. The van der Waals surface area contributed by atoms with Crippen molar-refractivity contribution >= 4 is 44.6 Å². The van der Waals surface area contributed by atoms with Gasteiger partial charge >= 0.3 is 0 Å². The summed E-state index contributed by atoms with van der Waals surface area (Å²) in [6, 6.07) is 5.78. The van der Waals surface area contributed by atoms with E-state index in [9.17, 15) is 0 Å². The molecule has 0 spiro atoms. The smallest absolute Gasteiger partial charge is 0.0794 e. The van der Waals surface area contributed by atoms with E-state index in [4.69, 9.17) is 11.6 Å². The van der Waals surface area contributed by atoms with Gasteiger partial charge in [-0.3, -0.25) is 4.98 Å². The molecule has 78 valence electrons. The molecule has 5 heteroatoms. The molecule has 0 atom stereocenters. The van der Waals surface area contributed by atoms with Crippen molar-refractivity contribution in [3.05, 3.63) is 44.3 Å². The van der Waals surface area contributed by atoms with Crippen LogP contribution in [0.25, 0.3) is 0 Å². The largest absolute Gasteiger partial charge is 0.380 e. The van der Waals surface area contributed by atoms with Crippen LogP contribution in [-0.4, -0.2) is 4.98 Å². The van der Waals surface area contributed by atoms with E-state index in [0.29, 0.717) is 0 Å². The summed E-state index contributed by atoms with van der Waals surface area (Å²) in [4.78, 5) is 5.22. The molecule has 0 radical (unpaired) electrons. The quantitative estimate of drug-likeness (QED) is 0.920. The highest BCUT2D eigenvalue weighted by molar-refractivity contribution is 9.10. The maximum Gasteiger partial charge on any atom is 0.0794 e. The maximum absolute atomic E-state index is 5.90. The van der Waals surface area contributed by atoms with E-state index in [2.05, 4.69) is 26.2 Å². The van der Waals surface area contributed by atoms with Gasteiger partial charge < -0.3 is 5.32 Å². The molecule has 2 rings (SSSR count). The molecular formula is C10H8BrClN2S. The molecule has 0 saturated heterocycles. The molecule has 0 amide bonds. The van der Waals surface area contributed by atoms with Crippen molar-refractivity contribution in [2.45, 2.75) is 6.54 Å². The van der Waals surface area contributed by atoms with E-state index in [1.54, 1.807) is 11.3 Å². The summed E-state index contributed by atoms with van der Waals surface area (Å²) in [5, 5.41) is 4.02. The third-order valence-corrected chi connectivity index (χ3v) is 3.86. The number of aromatic nitrogens is 1. The molecule has 0 aliphatic rings. The molecule has 2 aromatic rings. The highest BCUT2D eigenvalue weighted by Gasteiger charge is 1.99. The zero-order valence-corrected chi connectivity index (χ0v) is 10.9. The first-order valence-electron chi connectivity index (χ1n) is 4.32. The van der Waals surface area contributed by atoms with Crippen molar-refractivity contribution in [2.75, 3.05) is 5.32 Å². The zero-order chi connectivity index (χ0) is 10.7. The van der Waals surface area contributed by atoms with Gasteiger partial charge in [0.1, 0.15) is 0 Å². The second-order valence-corrected chi connectivity index (χ2v) is 5.18. The fraction of sp³-hybridized carbons (Fsp3) is 0.100. The number of benzene rings is 1. The highest BCUT2D eigenvalue weighted by Crippen LogP contribution is 2.25. The minimum atomic E-state index is 0.721. The van der Waals surface area contributed by atoms with Gasteiger partial charge in [-0.25, -0.2) is 0 Å². The summed E-state index contributed by atoms with van der Waals surface area (Å²) in [6.45, 7) is 0.790. The van der Waals surface area contributed by atoms with Crippen molar-refractivity contribution in [3.63, 3.8) is 0 Å². The van der Waals surface area contributed by atoms with Crippen molar-refractivity contribution < 1.29 is 0 Å². The number of hydrogen-bond acceptors (Lipinski definition) is 3. The van der Waals surface area contributed by atoms with E-state index >= 15 is 0 Å². The number of nitrogens with one attached hydrogen (secondary N) is 1. The molecule has 1 N–H and O–H groups in total. The topological polar surface area (TPSA) is 24.9 Å². The molecular weight excluding hydrogens is 296 g/mol. The Bertz CT molecular complexity index is 445. The summed E-state index contributed by atoms with van der Waals surface area (Å²) >= 11 is 10.9. The normalized spacial score (nSPS) is 10.3. The van der Waals surface area contributed by atoms with E-state index in [1.165, 1.54) is 4.88 Å². The van der Waals surface area contributed by atoms with Gasteiger partial charge in [-0.15, -0.1) is 11.3 Å². The maximum atomic E-state index is 5.90. The van der Waals surface area contributed by atoms with Crippen LogP contribution < -0.4 is 5.32 Å². The lowest BCUT2D eigenvalue weighted by Gasteiger charge is -2.05. The van der Waals surface area contributed by atoms with Crippen LogP contribution in [0.5, 0.6) is 0 Å². The summed E-state index contributed by atoms with van der Waals surface area (Å²) in [7, 11) is 0. The third kappa shape index (κ3) is 2.93. The molecule has 2 nitrogen and oxygen atoms in total. The van der Waals surface area contributed by atoms with E-state index in [-0.39, 0.29) is 0 Å². The predicted molar refractivity (Wildman–Crippen MR) is 68.6 cm³/mol. The summed E-state index contributed by atoms with van der Waals surface area (Å²) in [5.41, 5.74) is 2.87. The molecule has 0 aliphatic heterocycles. The Kier molecular flexibility index (Phi) is 3.61. The van der Waals surface area contributed by atoms with Crippen molar-refractivity contribution in [1.29, 1.82) is 0 Å². The first-order valence-corrected chi connectivity index (χ1v) is 6.37. The van der Waals surface area contributed by atoms with Gasteiger partial charge in [0, 0.05) is 21.2 Å². The number of hydrogen-bond donors (Lipinski definition) is 1. The van der Waals surface area contributed by atoms with Gasteiger partial charge in [-0.05, 0) is 34.1 Å². The summed E-state index contributed by atoms with van der Waals surface area (Å²) in [6.07, 6.45) is 1.86. The first kappa shape index (κ1) is 10.9. The molecule has 0 saturated carbocycles. The minimum Gasteiger partial charge on any atom is -0.380 e. The standard InChI is InChI=1S/C10H8BrClN2S/c11-9-3-7(1-2-10(9)12)14-5-8-4-13-6-15-8/h1-4,6,14H,5H2. The van der Waals surface area contributed by atoms with Crippen LogP contribution in [0.1, 0.15) is 4.88 Å². The predicted octanol–water partition coefficient (Wildman–Crippen LogP) is 4.17. The van der Waals surface area contributed by atoms with Crippen LogP contribution in [0.4, 0.5) is 5.69 Å². The van der Waals surface area contributed by atoms with Crippen LogP contribution >= 0.6 is 38.9 Å². The van der Waals surface area contributed by atoms with E-state index in [1.807, 2.05) is 29.9 Å². The third-order valence-electron chi connectivity index (χ3n) is 1.87. The number of anilines is 1. The molecule has 0 bridgehead atoms. The number of rotatable bonds is 3. The second kappa shape index (κ2) is 4.96. The van der Waals surface area contributed by atoms with Crippen molar-refractivity contribution in [1.82, 2.24) is 4.98 Å². The molecule has 0 aliphatic carbocycles. The lowest BCUT2D eigenvalue weighted by molar-refractivity contribution is 1.17. The van der Waals surface area contributed by atoms with Gasteiger partial charge in [-0.2, -0.15) is 0 Å². The van der Waals surface area contributed by atoms with E-state index < -0.39 is 0 Å². The number of nitrogens with zero attached hydrogens (tertiary/aromatic N) is 1. The van der Waals surface area contributed by atoms with Crippen LogP contribution in [-0.2, 0) is 6.54 Å². The second-order valence-electron chi connectivity index (χ2n) is 2.95. The first-order chi connectivity index (χ1) is 7.25. The average molecular weight is 304 g/mol. The Balaban J connectivity index is 2.02. The van der Waals surface area contributed by atoms with Gasteiger partial charge in [0.05, 0.1) is 17.1 Å². The van der Waals surface area contributed by atoms with Crippen LogP contribution in [0.15, 0.2) is 34.4 Å². The SMILES string of the molecule is Clc1ccc(NCc2cncs2)cc1Br. The summed E-state index contributed by atoms with van der Waals surface area (Å²) in [5.74, 6) is 0. The van der Waals surface area contributed by atoms with Gasteiger partial charge in [-0.1, -0.05) is 11.6 Å². The van der Waals surface area contributed by atoms with Crippen LogP contribution in [0.2, 0.25) is 5.02 Å². The lowest BCUT2D eigenvalue weighted by Crippen LogP contribution is -1.96. The fourth-order valence-corrected chi connectivity index (χ4v) is 2.16. The zero-order valence-electron chi connectivity index (χ0n) is 7.71. The Morgan fingerprint density at radius 2 is 2.33 bits per heavy atom. The molecule has 0 fully saturated rings. The monoisotopic (exact) mass is 302 g/mol. The minimum absolute atomic E-state index is 0.721. The van der Waals surface area contributed by atoms with E-state index in [0.717, 1.165) is 21.7 Å². The highest BCUT2D eigenvalue weighted by atomic mass is 79.9. The van der Waals surface area contributed by atoms with Crippen LogP contribution in [0.3, 0.4) is 0 Å². The Labute approximate surface area is 105 Å². The molecule has 1 heterocycles.